The molecule has 0 spiro atoms. The van der Waals surface area contributed by atoms with E-state index in [9.17, 15) is 9.59 Å². The van der Waals surface area contributed by atoms with Crippen LogP contribution in [0.15, 0.2) is 18.2 Å². The number of carbonyl (C=O) groups is 2. The Bertz CT molecular complexity index is 414. The Morgan fingerprint density at radius 3 is 2.72 bits per heavy atom. The van der Waals surface area contributed by atoms with Gasteiger partial charge in [0.25, 0.3) is 0 Å². The molecule has 1 rings (SSSR count). The topological polar surface area (TPSA) is 61.8 Å². The number of methoxy groups -OCH3 is 2. The lowest BCUT2D eigenvalue weighted by Crippen LogP contribution is -2.05. The van der Waals surface area contributed by atoms with E-state index in [1.807, 2.05) is 0 Å². The van der Waals surface area contributed by atoms with Crippen molar-refractivity contribution in [2.75, 3.05) is 20.8 Å². The highest BCUT2D eigenvalue weighted by Gasteiger charge is 2.09. The van der Waals surface area contributed by atoms with Gasteiger partial charge in [-0.05, 0) is 18.6 Å². The van der Waals surface area contributed by atoms with Crippen LogP contribution in [0.5, 0.6) is 11.5 Å². The molecular weight excluding hydrogens is 236 g/mol. The van der Waals surface area contributed by atoms with Crippen LogP contribution in [-0.4, -0.2) is 33.1 Å². The first-order valence-electron chi connectivity index (χ1n) is 5.54. The van der Waals surface area contributed by atoms with Crippen molar-refractivity contribution in [1.82, 2.24) is 0 Å². The van der Waals surface area contributed by atoms with Crippen LogP contribution in [-0.2, 0) is 9.53 Å². The summed E-state index contributed by atoms with van der Waals surface area (Å²) >= 11 is 0. The van der Waals surface area contributed by atoms with Crippen LogP contribution in [0.3, 0.4) is 0 Å². The van der Waals surface area contributed by atoms with Crippen molar-refractivity contribution in [3.05, 3.63) is 23.8 Å². The van der Waals surface area contributed by atoms with Crippen LogP contribution < -0.4 is 9.47 Å². The van der Waals surface area contributed by atoms with Gasteiger partial charge in [0, 0.05) is 6.42 Å². The van der Waals surface area contributed by atoms with E-state index in [4.69, 9.17) is 9.47 Å². The van der Waals surface area contributed by atoms with Gasteiger partial charge < -0.3 is 14.2 Å². The van der Waals surface area contributed by atoms with E-state index >= 15 is 0 Å². The van der Waals surface area contributed by atoms with Gasteiger partial charge >= 0.3 is 5.97 Å². The number of aldehydes is 1. The highest BCUT2D eigenvalue weighted by Crippen LogP contribution is 2.29. The molecule has 0 heterocycles. The second kappa shape index (κ2) is 7.32. The van der Waals surface area contributed by atoms with Crippen molar-refractivity contribution < 1.29 is 23.8 Å². The van der Waals surface area contributed by atoms with Gasteiger partial charge in [-0.3, -0.25) is 9.59 Å². The summed E-state index contributed by atoms with van der Waals surface area (Å²) in [4.78, 5) is 21.7. The molecule has 0 radical (unpaired) electrons. The molecule has 0 amide bonds. The summed E-state index contributed by atoms with van der Waals surface area (Å²) in [5, 5.41) is 0. The van der Waals surface area contributed by atoms with Gasteiger partial charge in [0.1, 0.15) is 0 Å². The molecule has 0 bridgehead atoms. The van der Waals surface area contributed by atoms with E-state index in [1.54, 1.807) is 18.2 Å². The summed E-state index contributed by atoms with van der Waals surface area (Å²) in [7, 11) is 2.82. The predicted octanol–water partition coefficient (Wildman–Crippen LogP) is 1.84. The average Bonchev–Trinajstić information content (AvgIpc) is 2.42. The number of ether oxygens (including phenoxy) is 3. The molecule has 0 saturated carbocycles. The maximum Gasteiger partial charge on any atom is 0.305 e. The van der Waals surface area contributed by atoms with Crippen LogP contribution in [0.1, 0.15) is 23.2 Å². The molecule has 0 saturated heterocycles. The summed E-state index contributed by atoms with van der Waals surface area (Å²) in [6.07, 6.45) is 1.55. The molecule has 1 aromatic rings. The number of hydrogen-bond donors (Lipinski definition) is 0. The Morgan fingerprint density at radius 2 is 2.11 bits per heavy atom. The monoisotopic (exact) mass is 252 g/mol. The van der Waals surface area contributed by atoms with Crippen LogP contribution in [0, 0.1) is 0 Å². The molecule has 0 aliphatic carbocycles. The van der Waals surface area contributed by atoms with Crippen molar-refractivity contribution >= 4 is 12.3 Å². The van der Waals surface area contributed by atoms with E-state index in [1.165, 1.54) is 14.2 Å². The SMILES string of the molecule is COC(=O)CCCOc1cccc(C=O)c1OC. The minimum absolute atomic E-state index is 0.271. The lowest BCUT2D eigenvalue weighted by atomic mass is 10.2. The molecule has 0 atom stereocenters. The number of para-hydroxylation sites is 1. The Labute approximate surface area is 106 Å². The average molecular weight is 252 g/mol. The fourth-order valence-electron chi connectivity index (χ4n) is 1.46. The minimum atomic E-state index is -0.271. The zero-order chi connectivity index (χ0) is 13.4. The van der Waals surface area contributed by atoms with Crippen molar-refractivity contribution in [1.29, 1.82) is 0 Å². The number of benzene rings is 1. The Kier molecular flexibility index (Phi) is 5.70. The van der Waals surface area contributed by atoms with Crippen molar-refractivity contribution in [3.63, 3.8) is 0 Å². The zero-order valence-corrected chi connectivity index (χ0v) is 10.5. The molecule has 98 valence electrons. The standard InChI is InChI=1S/C13H16O5/c1-16-12(15)7-4-8-18-11-6-3-5-10(9-14)13(11)17-2/h3,5-6,9H,4,7-8H2,1-2H3. The predicted molar refractivity (Wildman–Crippen MR) is 65.1 cm³/mol. The highest BCUT2D eigenvalue weighted by atomic mass is 16.5. The minimum Gasteiger partial charge on any atom is -0.492 e. The van der Waals surface area contributed by atoms with E-state index < -0.39 is 0 Å². The van der Waals surface area contributed by atoms with Crippen molar-refractivity contribution in [3.8, 4) is 11.5 Å². The van der Waals surface area contributed by atoms with Gasteiger partial charge in [0.15, 0.2) is 17.8 Å². The Hall–Kier alpha value is -2.04. The second-order valence-electron chi connectivity index (χ2n) is 3.52. The van der Waals surface area contributed by atoms with Crippen LogP contribution >= 0.6 is 0 Å². The van der Waals surface area contributed by atoms with Crippen LogP contribution in [0.25, 0.3) is 0 Å². The molecule has 5 nitrogen and oxygen atoms in total. The van der Waals surface area contributed by atoms with E-state index in [-0.39, 0.29) is 5.97 Å². The molecule has 0 aromatic heterocycles. The molecule has 0 aliphatic rings. The first-order valence-corrected chi connectivity index (χ1v) is 5.54. The Morgan fingerprint density at radius 1 is 1.33 bits per heavy atom. The van der Waals surface area contributed by atoms with Gasteiger partial charge in [0.2, 0.25) is 0 Å². The summed E-state index contributed by atoms with van der Waals surface area (Å²) in [5.74, 6) is 0.629. The third kappa shape index (κ3) is 3.76. The van der Waals surface area contributed by atoms with Gasteiger partial charge in [-0.25, -0.2) is 0 Å². The summed E-state index contributed by atoms with van der Waals surface area (Å²) in [6.45, 7) is 0.355. The van der Waals surface area contributed by atoms with Crippen LogP contribution in [0.2, 0.25) is 0 Å². The number of carbonyl (C=O) groups excluding carboxylic acids is 2. The quantitative estimate of drug-likeness (QED) is 0.421. The summed E-state index contributed by atoms with van der Waals surface area (Å²) in [5.41, 5.74) is 0.433. The number of esters is 1. The lowest BCUT2D eigenvalue weighted by Gasteiger charge is -2.11. The maximum atomic E-state index is 10.9. The van der Waals surface area contributed by atoms with E-state index in [2.05, 4.69) is 4.74 Å². The normalized spacial score (nSPS) is 9.67. The number of rotatable bonds is 7. The third-order valence-corrected chi connectivity index (χ3v) is 2.35. The molecule has 0 aliphatic heterocycles. The van der Waals surface area contributed by atoms with Gasteiger partial charge in [-0.2, -0.15) is 0 Å². The highest BCUT2D eigenvalue weighted by molar-refractivity contribution is 5.81. The largest absolute Gasteiger partial charge is 0.492 e. The molecule has 0 fully saturated rings. The second-order valence-corrected chi connectivity index (χ2v) is 3.52. The smallest absolute Gasteiger partial charge is 0.305 e. The molecule has 0 N–H and O–H groups in total. The first kappa shape index (κ1) is 14.0. The fourth-order valence-corrected chi connectivity index (χ4v) is 1.46. The molecule has 0 unspecified atom stereocenters. The van der Waals surface area contributed by atoms with Crippen molar-refractivity contribution in [2.24, 2.45) is 0 Å². The van der Waals surface area contributed by atoms with Gasteiger partial charge in [-0.1, -0.05) is 6.07 Å². The zero-order valence-electron chi connectivity index (χ0n) is 10.5. The Balaban J connectivity index is 2.56. The van der Waals surface area contributed by atoms with Crippen molar-refractivity contribution in [2.45, 2.75) is 12.8 Å². The molecule has 1 aromatic carbocycles. The molecule has 5 heteroatoms. The van der Waals surface area contributed by atoms with Crippen LogP contribution in [0.4, 0.5) is 0 Å². The van der Waals surface area contributed by atoms with E-state index in [0.29, 0.717) is 42.8 Å². The maximum absolute atomic E-state index is 10.9. The van der Waals surface area contributed by atoms with E-state index in [0.717, 1.165) is 0 Å². The summed E-state index contributed by atoms with van der Waals surface area (Å²) < 4.78 is 15.1. The summed E-state index contributed by atoms with van der Waals surface area (Å²) in [6, 6.07) is 5.07. The first-order chi connectivity index (χ1) is 8.72. The molecule has 18 heavy (non-hydrogen) atoms. The van der Waals surface area contributed by atoms with Gasteiger partial charge in [-0.15, -0.1) is 0 Å². The third-order valence-electron chi connectivity index (χ3n) is 2.35. The number of hydrogen-bond acceptors (Lipinski definition) is 5. The lowest BCUT2D eigenvalue weighted by molar-refractivity contribution is -0.140. The molecular formula is C13H16O5. The fraction of sp³-hybridized carbons (Fsp3) is 0.385. The van der Waals surface area contributed by atoms with Gasteiger partial charge in [0.05, 0.1) is 26.4 Å².